The lowest BCUT2D eigenvalue weighted by atomic mass is 9.72. The average Bonchev–Trinajstić information content (AvgIpc) is 2.41. The number of hydrogen-bond donors (Lipinski definition) is 1. The van der Waals surface area contributed by atoms with Crippen LogP contribution in [-0.4, -0.2) is 38.1 Å². The summed E-state index contributed by atoms with van der Waals surface area (Å²) in [5.74, 6) is 1.26. The molecule has 0 radical (unpaired) electrons. The van der Waals surface area contributed by atoms with E-state index in [1.165, 1.54) is 11.8 Å². The highest BCUT2D eigenvalue weighted by molar-refractivity contribution is 7.90. The summed E-state index contributed by atoms with van der Waals surface area (Å²) in [6.45, 7) is 4.62. The Bertz CT molecular complexity index is 592. The first-order chi connectivity index (χ1) is 10.3. The lowest BCUT2D eigenvalue weighted by Gasteiger charge is -2.39. The molecule has 1 fully saturated rings. The molecule has 1 aromatic rings. The van der Waals surface area contributed by atoms with Gasteiger partial charge in [0.15, 0.2) is 0 Å². The van der Waals surface area contributed by atoms with E-state index in [0.717, 1.165) is 18.5 Å². The molecule has 2 rings (SSSR count). The molecular weight excluding hydrogens is 312 g/mol. The van der Waals surface area contributed by atoms with Crippen molar-refractivity contribution in [1.29, 1.82) is 0 Å². The van der Waals surface area contributed by atoms with E-state index in [0.29, 0.717) is 17.8 Å². The molecule has 1 aliphatic carbocycles. The second-order valence-corrected chi connectivity index (χ2v) is 8.85. The van der Waals surface area contributed by atoms with E-state index >= 15 is 0 Å². The summed E-state index contributed by atoms with van der Waals surface area (Å²) in [5.41, 5.74) is 7.97. The molecule has 2 N–H and O–H groups in total. The van der Waals surface area contributed by atoms with Gasteiger partial charge in [-0.05, 0) is 42.2 Å². The fourth-order valence-electron chi connectivity index (χ4n) is 3.53. The third kappa shape index (κ3) is 5.46. The third-order valence-corrected chi connectivity index (χ3v) is 5.43. The predicted molar refractivity (Wildman–Crippen MR) is 95.1 cm³/mol. The second-order valence-electron chi connectivity index (χ2n) is 6.59. The largest absolute Gasteiger partial charge is 0.397 e. The van der Waals surface area contributed by atoms with Gasteiger partial charge in [-0.15, -0.1) is 0 Å². The number of nitrogens with two attached hydrogens (primary N) is 1. The molecule has 2 unspecified atom stereocenters. The van der Waals surface area contributed by atoms with E-state index in [9.17, 15) is 8.42 Å². The predicted octanol–water partition coefficient (Wildman–Crippen LogP) is 2.88. The maximum Gasteiger partial charge on any atom is 0.149 e. The van der Waals surface area contributed by atoms with Gasteiger partial charge in [-0.25, -0.2) is 8.42 Å². The van der Waals surface area contributed by atoms with Gasteiger partial charge in [0.2, 0.25) is 0 Å². The maximum absolute atomic E-state index is 11.2. The zero-order chi connectivity index (χ0) is 16.3. The van der Waals surface area contributed by atoms with Gasteiger partial charge in [0.05, 0.1) is 30.3 Å². The average molecular weight is 343 g/mol. The van der Waals surface area contributed by atoms with Crippen molar-refractivity contribution in [3.05, 3.63) is 24.0 Å². The van der Waals surface area contributed by atoms with Crippen molar-refractivity contribution < 1.29 is 13.2 Å². The van der Waals surface area contributed by atoms with Crippen LogP contribution in [0.2, 0.25) is 0 Å². The van der Waals surface area contributed by atoms with Gasteiger partial charge in [0.1, 0.15) is 9.84 Å². The first-order valence-corrected chi connectivity index (χ1v) is 9.82. The summed E-state index contributed by atoms with van der Waals surface area (Å²) in [7, 11) is -2.97. The van der Waals surface area contributed by atoms with E-state index in [1.54, 1.807) is 12.4 Å². The van der Waals surface area contributed by atoms with Gasteiger partial charge in [-0.1, -0.05) is 21.3 Å². The third-order valence-electron chi connectivity index (χ3n) is 4.53. The highest BCUT2D eigenvalue weighted by Crippen LogP contribution is 2.42. The molecule has 1 aromatic heterocycles. The Morgan fingerprint density at radius 3 is 2.43 bits per heavy atom. The first kappa shape index (κ1) is 19.9. The van der Waals surface area contributed by atoms with Gasteiger partial charge < -0.3 is 10.5 Å². The van der Waals surface area contributed by atoms with Crippen LogP contribution in [0, 0.1) is 11.8 Å². The number of sulfone groups is 1. The van der Waals surface area contributed by atoms with E-state index in [1.807, 2.05) is 6.07 Å². The first-order valence-electron chi connectivity index (χ1n) is 7.76. The smallest absolute Gasteiger partial charge is 0.149 e. The molecule has 0 bridgehead atoms. The summed E-state index contributed by atoms with van der Waals surface area (Å²) < 4.78 is 28.3. The Balaban J connectivity index is 0.00000264. The molecule has 6 heteroatoms. The van der Waals surface area contributed by atoms with Crippen LogP contribution in [0.5, 0.6) is 0 Å². The van der Waals surface area contributed by atoms with Crippen molar-refractivity contribution in [2.45, 2.75) is 46.1 Å². The van der Waals surface area contributed by atoms with Gasteiger partial charge in [-0.3, -0.25) is 4.98 Å². The van der Waals surface area contributed by atoms with Crippen molar-refractivity contribution in [3.8, 4) is 0 Å². The summed E-state index contributed by atoms with van der Waals surface area (Å²) >= 11 is 0. The highest BCUT2D eigenvalue weighted by Gasteiger charge is 2.35. The number of nitrogens with zero attached hydrogens (tertiary/aromatic N) is 1. The fourth-order valence-corrected chi connectivity index (χ4v) is 3.93. The second kappa shape index (κ2) is 8.11. The summed E-state index contributed by atoms with van der Waals surface area (Å²) in [6, 6.07) is 2.00. The minimum absolute atomic E-state index is 0. The van der Waals surface area contributed by atoms with Gasteiger partial charge in [0.25, 0.3) is 0 Å². The van der Waals surface area contributed by atoms with Crippen LogP contribution >= 0.6 is 0 Å². The normalized spacial score (nSPS) is 28.1. The minimum atomic E-state index is -2.97. The SMILES string of the molecule is C.C[C@@H]1CC(c2ccncc2N)C[C@H](C)C1OCCS(C)(=O)=O. The lowest BCUT2D eigenvalue weighted by Crippen LogP contribution is -2.37. The number of hydrogen-bond acceptors (Lipinski definition) is 5. The number of anilines is 1. The molecule has 0 aromatic carbocycles. The van der Waals surface area contributed by atoms with Gasteiger partial charge in [0, 0.05) is 12.5 Å². The molecule has 0 aliphatic heterocycles. The lowest BCUT2D eigenvalue weighted by molar-refractivity contribution is -0.0360. The quantitative estimate of drug-likeness (QED) is 0.889. The molecule has 5 nitrogen and oxygen atoms in total. The molecule has 0 spiro atoms. The van der Waals surface area contributed by atoms with Crippen LogP contribution in [0.15, 0.2) is 18.5 Å². The summed E-state index contributed by atoms with van der Waals surface area (Å²) in [4.78, 5) is 4.05. The van der Waals surface area contributed by atoms with Crippen molar-refractivity contribution in [3.63, 3.8) is 0 Å². The van der Waals surface area contributed by atoms with E-state index in [4.69, 9.17) is 10.5 Å². The number of aromatic nitrogens is 1. The molecule has 1 heterocycles. The summed E-state index contributed by atoms with van der Waals surface area (Å²) in [6.07, 6.45) is 6.85. The van der Waals surface area contributed by atoms with Crippen LogP contribution in [0.25, 0.3) is 0 Å². The minimum Gasteiger partial charge on any atom is -0.397 e. The Hall–Kier alpha value is -1.14. The van der Waals surface area contributed by atoms with Crippen molar-refractivity contribution in [2.75, 3.05) is 24.3 Å². The molecule has 1 aliphatic rings. The monoisotopic (exact) mass is 342 g/mol. The van der Waals surface area contributed by atoms with Crippen LogP contribution in [-0.2, 0) is 14.6 Å². The zero-order valence-electron chi connectivity index (χ0n) is 13.5. The topological polar surface area (TPSA) is 82.3 Å². The molecular formula is C17H30N2O3S. The van der Waals surface area contributed by atoms with E-state index in [2.05, 4.69) is 18.8 Å². The summed E-state index contributed by atoms with van der Waals surface area (Å²) in [5, 5.41) is 0. The molecule has 132 valence electrons. The highest BCUT2D eigenvalue weighted by atomic mass is 32.2. The van der Waals surface area contributed by atoms with Crippen LogP contribution in [0.3, 0.4) is 0 Å². The maximum atomic E-state index is 11.2. The Kier molecular flexibility index (Phi) is 7.02. The Labute approximate surface area is 140 Å². The van der Waals surface area contributed by atoms with Crippen LogP contribution < -0.4 is 5.73 Å². The standard InChI is InChI=1S/C16H26N2O3S.CH4/c1-11-8-13(14-4-5-18-10-15(14)17)9-12(2)16(11)21-6-7-22(3,19)20;/h4-5,10-13,16H,6-9,17H2,1-3H3;1H4/t11-,12+,13?,16?;. The van der Waals surface area contributed by atoms with Gasteiger partial charge in [-0.2, -0.15) is 0 Å². The van der Waals surface area contributed by atoms with Crippen molar-refractivity contribution >= 4 is 15.5 Å². The molecule has 1 saturated carbocycles. The number of pyridine rings is 1. The number of ether oxygens (including phenoxy) is 1. The molecule has 4 atom stereocenters. The van der Waals surface area contributed by atoms with Crippen LogP contribution in [0.1, 0.15) is 45.6 Å². The Morgan fingerprint density at radius 1 is 1.30 bits per heavy atom. The fraction of sp³-hybridized carbons (Fsp3) is 0.706. The van der Waals surface area contributed by atoms with Crippen molar-refractivity contribution in [2.24, 2.45) is 11.8 Å². The van der Waals surface area contributed by atoms with E-state index in [-0.39, 0.29) is 25.9 Å². The molecule has 0 amide bonds. The Morgan fingerprint density at radius 2 is 1.91 bits per heavy atom. The van der Waals surface area contributed by atoms with E-state index < -0.39 is 9.84 Å². The van der Waals surface area contributed by atoms with Crippen molar-refractivity contribution in [1.82, 2.24) is 4.98 Å². The number of rotatable bonds is 5. The molecule has 0 saturated heterocycles. The zero-order valence-corrected chi connectivity index (χ0v) is 14.3. The van der Waals surface area contributed by atoms with Crippen LogP contribution in [0.4, 0.5) is 5.69 Å². The number of nitrogen functional groups attached to an aromatic ring is 1. The molecule has 23 heavy (non-hydrogen) atoms. The van der Waals surface area contributed by atoms with Gasteiger partial charge >= 0.3 is 0 Å².